The zero-order chi connectivity index (χ0) is 14.5. The Balaban J connectivity index is 2.21. The van der Waals surface area contributed by atoms with Gasteiger partial charge in [-0.1, -0.05) is 6.92 Å². The Morgan fingerprint density at radius 2 is 2.05 bits per heavy atom. The molecule has 0 aliphatic rings. The third-order valence-corrected chi connectivity index (χ3v) is 3.50. The molecule has 0 bridgehead atoms. The molecule has 1 unspecified atom stereocenters. The van der Waals surface area contributed by atoms with E-state index in [-0.39, 0.29) is 6.04 Å². The summed E-state index contributed by atoms with van der Waals surface area (Å²) in [4.78, 5) is 8.80. The largest absolute Gasteiger partial charge is 0.311 e. The van der Waals surface area contributed by atoms with Gasteiger partial charge in [0.25, 0.3) is 0 Å². The van der Waals surface area contributed by atoms with Crippen LogP contribution in [0.3, 0.4) is 0 Å². The van der Waals surface area contributed by atoms with Crippen molar-refractivity contribution in [2.45, 2.75) is 46.2 Å². The van der Waals surface area contributed by atoms with Crippen molar-refractivity contribution in [1.29, 1.82) is 0 Å². The minimum atomic E-state index is 0.162. The summed E-state index contributed by atoms with van der Waals surface area (Å²) in [7, 11) is 1.96. The molecule has 20 heavy (non-hydrogen) atoms. The second kappa shape index (κ2) is 6.61. The van der Waals surface area contributed by atoms with E-state index in [0.29, 0.717) is 0 Å². The summed E-state index contributed by atoms with van der Waals surface area (Å²) >= 11 is 0. The Morgan fingerprint density at radius 3 is 2.60 bits per heavy atom. The maximum atomic E-state index is 4.60. The van der Waals surface area contributed by atoms with Crippen molar-refractivity contribution in [3.8, 4) is 0 Å². The lowest BCUT2D eigenvalue weighted by Gasteiger charge is -2.16. The fraction of sp³-hybridized carbons (Fsp3) is 0.533. The van der Waals surface area contributed by atoms with Gasteiger partial charge in [-0.05, 0) is 33.4 Å². The van der Waals surface area contributed by atoms with Crippen LogP contribution < -0.4 is 5.32 Å². The van der Waals surface area contributed by atoms with Gasteiger partial charge in [-0.2, -0.15) is 5.10 Å². The summed E-state index contributed by atoms with van der Waals surface area (Å²) in [5.74, 6) is 0. The molecule has 2 aromatic heterocycles. The lowest BCUT2D eigenvalue weighted by molar-refractivity contribution is 0.529. The van der Waals surface area contributed by atoms with Crippen molar-refractivity contribution < 1.29 is 0 Å². The average Bonchev–Trinajstić information content (AvgIpc) is 2.88. The van der Waals surface area contributed by atoms with E-state index < -0.39 is 0 Å². The van der Waals surface area contributed by atoms with Crippen LogP contribution in [0, 0.1) is 6.92 Å². The third-order valence-electron chi connectivity index (χ3n) is 3.50. The second-order valence-electron chi connectivity index (χ2n) is 4.92. The predicted octanol–water partition coefficient (Wildman–Crippen LogP) is 2.07. The highest BCUT2D eigenvalue weighted by atomic mass is 15.3. The normalized spacial score (nSPS) is 12.6. The van der Waals surface area contributed by atoms with Crippen LogP contribution >= 0.6 is 0 Å². The number of aromatic nitrogens is 4. The highest BCUT2D eigenvalue weighted by Gasteiger charge is 2.15. The van der Waals surface area contributed by atoms with Gasteiger partial charge in [0.2, 0.25) is 0 Å². The molecule has 1 N–H and O–H groups in total. The van der Waals surface area contributed by atoms with Crippen molar-refractivity contribution in [2.24, 2.45) is 0 Å². The highest BCUT2D eigenvalue weighted by molar-refractivity contribution is 5.15. The van der Waals surface area contributed by atoms with Crippen LogP contribution in [0.5, 0.6) is 0 Å². The first-order chi connectivity index (χ1) is 9.67. The molecule has 0 fully saturated rings. The van der Waals surface area contributed by atoms with Gasteiger partial charge < -0.3 is 5.32 Å². The van der Waals surface area contributed by atoms with Crippen molar-refractivity contribution >= 4 is 0 Å². The minimum absolute atomic E-state index is 0.162. The highest BCUT2D eigenvalue weighted by Crippen LogP contribution is 2.17. The van der Waals surface area contributed by atoms with Gasteiger partial charge in [0.1, 0.15) is 0 Å². The Morgan fingerprint density at radius 1 is 1.25 bits per heavy atom. The van der Waals surface area contributed by atoms with Crippen molar-refractivity contribution in [2.75, 3.05) is 7.05 Å². The summed E-state index contributed by atoms with van der Waals surface area (Å²) in [5, 5.41) is 7.92. The van der Waals surface area contributed by atoms with Crippen LogP contribution in [-0.2, 0) is 19.4 Å². The zero-order valence-corrected chi connectivity index (χ0v) is 12.7. The summed E-state index contributed by atoms with van der Waals surface area (Å²) < 4.78 is 2.07. The second-order valence-corrected chi connectivity index (χ2v) is 4.92. The Hall–Kier alpha value is -1.75. The first kappa shape index (κ1) is 14.7. The van der Waals surface area contributed by atoms with E-state index in [1.807, 2.05) is 26.4 Å². The molecule has 2 heterocycles. The Labute approximate surface area is 120 Å². The lowest BCUT2D eigenvalue weighted by Crippen LogP contribution is -2.21. The zero-order valence-electron chi connectivity index (χ0n) is 12.7. The maximum absolute atomic E-state index is 4.60. The maximum Gasteiger partial charge on any atom is 0.0760 e. The summed E-state index contributed by atoms with van der Waals surface area (Å²) in [6.45, 7) is 7.10. The van der Waals surface area contributed by atoms with Gasteiger partial charge in [0.15, 0.2) is 0 Å². The monoisotopic (exact) mass is 273 g/mol. The fourth-order valence-electron chi connectivity index (χ4n) is 2.27. The van der Waals surface area contributed by atoms with Crippen LogP contribution in [0.15, 0.2) is 18.5 Å². The quantitative estimate of drug-likeness (QED) is 0.875. The Bertz CT molecular complexity index is 544. The minimum Gasteiger partial charge on any atom is -0.311 e. The van der Waals surface area contributed by atoms with E-state index >= 15 is 0 Å². The molecule has 0 amide bonds. The van der Waals surface area contributed by atoms with Gasteiger partial charge in [0.05, 0.1) is 29.3 Å². The molecule has 0 saturated carbocycles. The SMILES string of the molecule is CCc1cc(CC(NC)c2cnc(C)cn2)n(CC)n1. The molecular formula is C15H23N5. The van der Waals surface area contributed by atoms with Gasteiger partial charge in [-0.25, -0.2) is 0 Å². The summed E-state index contributed by atoms with van der Waals surface area (Å²) in [6, 6.07) is 2.35. The molecule has 0 radical (unpaired) electrons. The van der Waals surface area contributed by atoms with Crippen molar-refractivity contribution in [1.82, 2.24) is 25.1 Å². The van der Waals surface area contributed by atoms with E-state index in [0.717, 1.165) is 36.5 Å². The van der Waals surface area contributed by atoms with Gasteiger partial charge in [-0.15, -0.1) is 0 Å². The first-order valence-electron chi connectivity index (χ1n) is 7.19. The van der Waals surface area contributed by atoms with Crippen LogP contribution in [0.1, 0.15) is 42.7 Å². The third kappa shape index (κ3) is 3.22. The number of likely N-dealkylation sites (N-methyl/N-ethyl adjacent to an activating group) is 1. The molecule has 0 spiro atoms. The van der Waals surface area contributed by atoms with Gasteiger partial charge in [-0.3, -0.25) is 14.6 Å². The van der Waals surface area contributed by atoms with E-state index in [1.54, 1.807) is 0 Å². The molecule has 0 aliphatic carbocycles. The number of rotatable bonds is 6. The first-order valence-corrected chi connectivity index (χ1v) is 7.19. The molecule has 0 aromatic carbocycles. The molecule has 5 heteroatoms. The summed E-state index contributed by atoms with van der Waals surface area (Å²) in [6.07, 6.45) is 5.50. The van der Waals surface area contributed by atoms with E-state index in [4.69, 9.17) is 0 Å². The van der Waals surface area contributed by atoms with E-state index in [2.05, 4.69) is 45.0 Å². The molecule has 2 aromatic rings. The van der Waals surface area contributed by atoms with E-state index in [9.17, 15) is 0 Å². The molecule has 5 nitrogen and oxygen atoms in total. The predicted molar refractivity (Wildman–Crippen MR) is 79.6 cm³/mol. The molecule has 0 saturated heterocycles. The van der Waals surface area contributed by atoms with Crippen LogP contribution in [0.4, 0.5) is 0 Å². The smallest absolute Gasteiger partial charge is 0.0760 e. The standard InChI is InChI=1S/C15H23N5/c1-5-12-7-13(20(6-2)19-12)8-14(16-4)15-10-17-11(3)9-18-15/h7,9-10,14,16H,5-6,8H2,1-4H3. The van der Waals surface area contributed by atoms with Gasteiger partial charge >= 0.3 is 0 Å². The van der Waals surface area contributed by atoms with Crippen LogP contribution in [0.2, 0.25) is 0 Å². The molecule has 1 atom stereocenters. The number of nitrogens with one attached hydrogen (secondary N) is 1. The lowest BCUT2D eigenvalue weighted by atomic mass is 10.1. The number of aryl methyl sites for hydroxylation is 3. The van der Waals surface area contributed by atoms with Crippen LogP contribution in [-0.4, -0.2) is 26.8 Å². The van der Waals surface area contributed by atoms with E-state index in [1.165, 1.54) is 5.69 Å². The van der Waals surface area contributed by atoms with Crippen molar-refractivity contribution in [3.63, 3.8) is 0 Å². The Kier molecular flexibility index (Phi) is 4.84. The van der Waals surface area contributed by atoms with Crippen molar-refractivity contribution in [3.05, 3.63) is 41.2 Å². The molecule has 108 valence electrons. The van der Waals surface area contributed by atoms with Crippen LogP contribution in [0.25, 0.3) is 0 Å². The summed E-state index contributed by atoms with van der Waals surface area (Å²) in [5.41, 5.74) is 4.30. The number of hydrogen-bond acceptors (Lipinski definition) is 4. The van der Waals surface area contributed by atoms with Gasteiger partial charge in [0, 0.05) is 24.9 Å². The molecule has 0 aliphatic heterocycles. The fourth-order valence-corrected chi connectivity index (χ4v) is 2.27. The average molecular weight is 273 g/mol. The molecular weight excluding hydrogens is 250 g/mol. The topological polar surface area (TPSA) is 55.6 Å². The number of nitrogens with zero attached hydrogens (tertiary/aromatic N) is 4. The number of hydrogen-bond donors (Lipinski definition) is 1. The molecule has 2 rings (SSSR count).